The minimum atomic E-state index is -1.36. The highest BCUT2D eigenvalue weighted by Crippen LogP contribution is 2.28. The summed E-state index contributed by atoms with van der Waals surface area (Å²) < 4.78 is 21.2. The van der Waals surface area contributed by atoms with Crippen LogP contribution in [0.1, 0.15) is 19.3 Å². The van der Waals surface area contributed by atoms with Crippen LogP contribution in [0.4, 0.5) is 0 Å². The third-order valence-corrected chi connectivity index (χ3v) is 4.47. The van der Waals surface area contributed by atoms with E-state index in [0.29, 0.717) is 19.6 Å². The van der Waals surface area contributed by atoms with Crippen LogP contribution >= 0.6 is 0 Å². The number of Topliss-reactive ketones (excluding diaryl/α,β-unsaturated/α-hetero) is 1. The van der Waals surface area contributed by atoms with Crippen LogP contribution in [0.3, 0.4) is 0 Å². The molecule has 1 aliphatic carbocycles. The second-order valence-electron chi connectivity index (χ2n) is 6.38. The van der Waals surface area contributed by atoms with Gasteiger partial charge in [-0.25, -0.2) is 0 Å². The zero-order valence-electron chi connectivity index (χ0n) is 14.3. The summed E-state index contributed by atoms with van der Waals surface area (Å²) in [6.07, 6.45) is -3.94. The van der Waals surface area contributed by atoms with Crippen LogP contribution in [0.25, 0.3) is 0 Å². The van der Waals surface area contributed by atoms with Crippen LogP contribution in [0, 0.1) is 5.92 Å². The quantitative estimate of drug-likeness (QED) is 0.313. The Labute approximate surface area is 146 Å². The number of aliphatic hydroxyl groups is 4. The smallest absolute Gasteiger partial charge is 0.186 e. The number of rotatable bonds is 11. The predicted octanol–water partition coefficient (Wildman–Crippen LogP) is -1.80. The lowest BCUT2D eigenvalue weighted by Crippen LogP contribution is -2.59. The fourth-order valence-corrected chi connectivity index (χ4v) is 2.80. The van der Waals surface area contributed by atoms with E-state index in [1.807, 2.05) is 0 Å². The minimum Gasteiger partial charge on any atom is -0.396 e. The molecule has 7 unspecified atom stereocenters. The topological polar surface area (TPSA) is 135 Å². The minimum absolute atomic E-state index is 0.0411. The van der Waals surface area contributed by atoms with E-state index < -0.39 is 36.8 Å². The molecule has 2 fully saturated rings. The summed E-state index contributed by atoms with van der Waals surface area (Å²) in [5.41, 5.74) is 0. The maximum atomic E-state index is 11.2. The lowest BCUT2D eigenvalue weighted by Gasteiger charge is -2.40. The molecule has 4 N–H and O–H groups in total. The molecule has 1 aliphatic heterocycles. The summed E-state index contributed by atoms with van der Waals surface area (Å²) in [5, 5.41) is 38.4. The van der Waals surface area contributed by atoms with Gasteiger partial charge in [-0.3, -0.25) is 4.79 Å². The molecule has 1 saturated heterocycles. The molecule has 9 heteroatoms. The number of hydrogen-bond donors (Lipinski definition) is 4. The molecule has 25 heavy (non-hydrogen) atoms. The summed E-state index contributed by atoms with van der Waals surface area (Å²) in [4.78, 5) is 11.2. The second-order valence-corrected chi connectivity index (χ2v) is 6.38. The van der Waals surface area contributed by atoms with Crippen LogP contribution < -0.4 is 0 Å². The molecule has 0 aromatic heterocycles. The lowest BCUT2D eigenvalue weighted by molar-refractivity contribution is -0.302. The van der Waals surface area contributed by atoms with E-state index in [0.717, 1.165) is 12.8 Å². The molecule has 146 valence electrons. The molecule has 2 aliphatic rings. The van der Waals surface area contributed by atoms with Gasteiger partial charge in [-0.1, -0.05) is 0 Å². The first kappa shape index (κ1) is 20.7. The van der Waals surface area contributed by atoms with Crippen molar-refractivity contribution in [1.82, 2.24) is 0 Å². The largest absolute Gasteiger partial charge is 0.396 e. The van der Waals surface area contributed by atoms with Crippen LogP contribution in [-0.2, 0) is 23.7 Å². The van der Waals surface area contributed by atoms with Gasteiger partial charge in [-0.2, -0.15) is 0 Å². The summed E-state index contributed by atoms with van der Waals surface area (Å²) in [5.74, 6) is -0.393. The van der Waals surface area contributed by atoms with Crippen molar-refractivity contribution in [1.29, 1.82) is 0 Å². The molecular weight excluding hydrogens is 336 g/mol. The van der Waals surface area contributed by atoms with Crippen molar-refractivity contribution >= 4 is 5.78 Å². The van der Waals surface area contributed by atoms with Crippen molar-refractivity contribution in [3.05, 3.63) is 0 Å². The summed E-state index contributed by atoms with van der Waals surface area (Å²) in [6, 6.07) is 0. The van der Waals surface area contributed by atoms with Gasteiger partial charge >= 0.3 is 0 Å². The van der Waals surface area contributed by atoms with E-state index in [1.165, 1.54) is 7.11 Å². The van der Waals surface area contributed by atoms with Crippen LogP contribution in [0.5, 0.6) is 0 Å². The Morgan fingerprint density at radius 3 is 2.28 bits per heavy atom. The third-order valence-electron chi connectivity index (χ3n) is 4.47. The Bertz CT molecular complexity index is 418. The molecule has 0 aromatic carbocycles. The average Bonchev–Trinajstić information content (AvgIpc) is 3.24. The van der Waals surface area contributed by atoms with E-state index in [2.05, 4.69) is 0 Å². The number of methoxy groups -OCH3 is 1. The van der Waals surface area contributed by atoms with E-state index >= 15 is 0 Å². The molecule has 1 heterocycles. The average molecular weight is 364 g/mol. The van der Waals surface area contributed by atoms with Gasteiger partial charge in [0.25, 0.3) is 0 Å². The van der Waals surface area contributed by atoms with Gasteiger partial charge in [0.05, 0.1) is 19.1 Å². The molecule has 0 aromatic rings. The predicted molar refractivity (Wildman–Crippen MR) is 83.7 cm³/mol. The molecule has 2 rings (SSSR count). The Balaban J connectivity index is 1.57. The third kappa shape index (κ3) is 5.41. The Hall–Kier alpha value is -0.650. The van der Waals surface area contributed by atoms with E-state index in [1.54, 1.807) is 0 Å². The van der Waals surface area contributed by atoms with Gasteiger partial charge < -0.3 is 39.4 Å². The first-order chi connectivity index (χ1) is 12.0. The van der Waals surface area contributed by atoms with Crippen molar-refractivity contribution in [3.63, 3.8) is 0 Å². The van der Waals surface area contributed by atoms with Gasteiger partial charge in [0.15, 0.2) is 12.1 Å². The van der Waals surface area contributed by atoms with Gasteiger partial charge in [-0.05, 0) is 19.3 Å². The lowest BCUT2D eigenvalue weighted by atomic mass is 9.99. The highest BCUT2D eigenvalue weighted by atomic mass is 16.7. The standard InChI is InChI=1S/C16H28O9/c1-22-8-10-12(19)13(20)14(21)16(25-10)24-6-4-2-3-5-23-15-9(7-17)11(15)18/h9-10,12-17,19-21H,2-8H2,1H3. The summed E-state index contributed by atoms with van der Waals surface area (Å²) in [7, 11) is 1.45. The summed E-state index contributed by atoms with van der Waals surface area (Å²) in [6.45, 7) is 0.671. The van der Waals surface area contributed by atoms with Gasteiger partial charge in [0.1, 0.15) is 30.5 Å². The SMILES string of the molecule is COCC1OC(OCCCCCOC2C(=O)C2CO)C(O)C(O)C1O. The maximum Gasteiger partial charge on any atom is 0.186 e. The first-order valence-electron chi connectivity index (χ1n) is 8.57. The Morgan fingerprint density at radius 1 is 1.00 bits per heavy atom. The van der Waals surface area contributed by atoms with Crippen molar-refractivity contribution < 1.29 is 44.2 Å². The normalized spacial score (nSPS) is 38.1. The maximum absolute atomic E-state index is 11.2. The highest BCUT2D eigenvalue weighted by Gasteiger charge is 2.49. The number of carbonyl (C=O) groups excluding carboxylic acids is 1. The monoisotopic (exact) mass is 364 g/mol. The van der Waals surface area contributed by atoms with Gasteiger partial charge in [-0.15, -0.1) is 0 Å². The second kappa shape index (κ2) is 9.89. The number of ether oxygens (including phenoxy) is 4. The van der Waals surface area contributed by atoms with Crippen molar-refractivity contribution in [2.45, 2.75) is 56.1 Å². The number of unbranched alkanes of at least 4 members (excludes halogenated alkanes) is 2. The highest BCUT2D eigenvalue weighted by molar-refractivity contribution is 6.02. The fourth-order valence-electron chi connectivity index (χ4n) is 2.80. The van der Waals surface area contributed by atoms with Gasteiger partial charge in [0.2, 0.25) is 0 Å². The number of carbonyl (C=O) groups is 1. The molecule has 0 bridgehead atoms. The van der Waals surface area contributed by atoms with Crippen molar-refractivity contribution in [2.75, 3.05) is 33.5 Å². The zero-order valence-corrected chi connectivity index (χ0v) is 14.3. The first-order valence-corrected chi connectivity index (χ1v) is 8.57. The molecule has 0 amide bonds. The number of hydrogen-bond acceptors (Lipinski definition) is 9. The number of ketones is 1. The van der Waals surface area contributed by atoms with Gasteiger partial charge in [0, 0.05) is 20.3 Å². The molecule has 0 spiro atoms. The summed E-state index contributed by atoms with van der Waals surface area (Å²) >= 11 is 0. The molecule has 7 atom stereocenters. The molecule has 0 radical (unpaired) electrons. The van der Waals surface area contributed by atoms with Crippen LogP contribution in [0.2, 0.25) is 0 Å². The van der Waals surface area contributed by atoms with E-state index in [4.69, 9.17) is 24.1 Å². The van der Waals surface area contributed by atoms with E-state index in [9.17, 15) is 20.1 Å². The van der Waals surface area contributed by atoms with Crippen molar-refractivity contribution in [2.24, 2.45) is 5.92 Å². The Kier molecular flexibility index (Phi) is 8.17. The van der Waals surface area contributed by atoms with E-state index in [-0.39, 0.29) is 24.9 Å². The van der Waals surface area contributed by atoms with Crippen LogP contribution in [-0.4, -0.2) is 96.6 Å². The fraction of sp³-hybridized carbons (Fsp3) is 0.938. The van der Waals surface area contributed by atoms with Crippen LogP contribution in [0.15, 0.2) is 0 Å². The Morgan fingerprint density at radius 2 is 1.68 bits per heavy atom. The zero-order chi connectivity index (χ0) is 18.4. The molecule has 1 saturated carbocycles. The number of aliphatic hydroxyl groups excluding tert-OH is 4. The molecule has 9 nitrogen and oxygen atoms in total. The van der Waals surface area contributed by atoms with Crippen molar-refractivity contribution in [3.8, 4) is 0 Å². The molecular formula is C16H28O9.